The second-order valence-electron chi connectivity index (χ2n) is 1.88. The smallest absolute Gasteiger partial charge is 0.102 e. The molecule has 0 spiro atoms. The molecule has 0 rings (SSSR count). The molecule has 0 aromatic rings. The minimum atomic E-state index is -0.238. The monoisotopic (exact) mass is 147 g/mol. The van der Waals surface area contributed by atoms with Gasteiger partial charge >= 0.3 is 0 Å². The fourth-order valence-corrected chi connectivity index (χ4v) is 0.901. The normalized spacial score (nSPS) is 13.1. The average Bonchev–Trinajstić information content (AvgIpc) is 1.82. The zero-order valence-corrected chi connectivity index (χ0v) is 6.45. The highest BCUT2D eigenvalue weighted by Crippen LogP contribution is 2.02. The van der Waals surface area contributed by atoms with E-state index in [0.717, 1.165) is 12.2 Å². The summed E-state index contributed by atoms with van der Waals surface area (Å²) in [5, 5.41) is 8.72. The molecule has 0 aliphatic heterocycles. The third-order valence-corrected chi connectivity index (χ3v) is 1.70. The van der Waals surface area contributed by atoms with Gasteiger partial charge in [-0.05, 0) is 18.4 Å². The SMILES string of the molecule is C=C(O)[C@H](N)CCSC. The van der Waals surface area contributed by atoms with Crippen LogP contribution in [-0.2, 0) is 0 Å². The van der Waals surface area contributed by atoms with Crippen molar-refractivity contribution in [3.63, 3.8) is 0 Å². The number of nitrogens with two attached hydrogens (primary N) is 1. The molecule has 1 atom stereocenters. The highest BCUT2D eigenvalue weighted by Gasteiger charge is 2.02. The third-order valence-electron chi connectivity index (χ3n) is 1.06. The molecule has 0 saturated carbocycles. The molecule has 0 aromatic carbocycles. The summed E-state index contributed by atoms with van der Waals surface area (Å²) in [5.74, 6) is 1.06. The lowest BCUT2D eigenvalue weighted by Crippen LogP contribution is -2.22. The average molecular weight is 147 g/mol. The van der Waals surface area contributed by atoms with Gasteiger partial charge in [-0.3, -0.25) is 0 Å². The second-order valence-corrected chi connectivity index (χ2v) is 2.86. The van der Waals surface area contributed by atoms with Crippen LogP contribution in [0.4, 0.5) is 0 Å². The predicted octanol–water partition coefficient (Wildman–Crippen LogP) is 1.14. The van der Waals surface area contributed by atoms with Crippen molar-refractivity contribution >= 4 is 11.8 Å². The Labute approximate surface area is 60.1 Å². The van der Waals surface area contributed by atoms with E-state index in [-0.39, 0.29) is 11.8 Å². The second kappa shape index (κ2) is 4.70. The first-order chi connectivity index (χ1) is 4.18. The van der Waals surface area contributed by atoms with Crippen LogP contribution in [-0.4, -0.2) is 23.2 Å². The Kier molecular flexibility index (Phi) is 4.62. The number of thioether (sulfide) groups is 1. The standard InChI is InChI=1S/C6H13NOS/c1-5(8)6(7)3-4-9-2/h6,8H,1,3-4,7H2,2H3/t6-/m1/s1. The Morgan fingerprint density at radius 3 is 2.78 bits per heavy atom. The van der Waals surface area contributed by atoms with Gasteiger partial charge in [0, 0.05) is 0 Å². The van der Waals surface area contributed by atoms with Gasteiger partial charge in [-0.15, -0.1) is 0 Å². The molecule has 3 N–H and O–H groups in total. The van der Waals surface area contributed by atoms with Crippen molar-refractivity contribution in [2.45, 2.75) is 12.5 Å². The van der Waals surface area contributed by atoms with E-state index in [2.05, 4.69) is 6.58 Å². The molecule has 0 bridgehead atoms. The summed E-state index contributed by atoms with van der Waals surface area (Å²) in [6.45, 7) is 3.33. The maximum atomic E-state index is 8.72. The molecule has 9 heavy (non-hydrogen) atoms. The van der Waals surface area contributed by atoms with Crippen LogP contribution < -0.4 is 5.73 Å². The topological polar surface area (TPSA) is 46.2 Å². The van der Waals surface area contributed by atoms with Crippen LogP contribution in [0.3, 0.4) is 0 Å². The molecule has 0 fully saturated rings. The first-order valence-corrected chi connectivity index (χ1v) is 4.20. The van der Waals surface area contributed by atoms with Crippen LogP contribution >= 0.6 is 11.8 Å². The lowest BCUT2D eigenvalue weighted by atomic mass is 10.2. The summed E-state index contributed by atoms with van der Waals surface area (Å²) in [7, 11) is 0. The highest BCUT2D eigenvalue weighted by molar-refractivity contribution is 7.98. The van der Waals surface area contributed by atoms with Crippen molar-refractivity contribution in [3.8, 4) is 0 Å². The molecular formula is C6H13NOS. The summed E-state index contributed by atoms with van der Waals surface area (Å²) in [4.78, 5) is 0. The van der Waals surface area contributed by atoms with E-state index in [1.807, 2.05) is 6.26 Å². The van der Waals surface area contributed by atoms with E-state index < -0.39 is 0 Å². The lowest BCUT2D eigenvalue weighted by Gasteiger charge is -2.06. The van der Waals surface area contributed by atoms with Crippen molar-refractivity contribution in [2.24, 2.45) is 5.73 Å². The maximum Gasteiger partial charge on any atom is 0.102 e. The van der Waals surface area contributed by atoms with Gasteiger partial charge in [0.15, 0.2) is 0 Å². The summed E-state index contributed by atoms with van der Waals surface area (Å²) in [5.41, 5.74) is 5.44. The van der Waals surface area contributed by atoms with Crippen LogP contribution in [0.2, 0.25) is 0 Å². The number of hydrogen-bond acceptors (Lipinski definition) is 3. The summed E-state index contributed by atoms with van der Waals surface area (Å²) < 4.78 is 0. The molecule has 0 aliphatic rings. The molecule has 0 amide bonds. The van der Waals surface area contributed by atoms with Crippen LogP contribution in [0.15, 0.2) is 12.3 Å². The number of rotatable bonds is 4. The third kappa shape index (κ3) is 4.36. The summed E-state index contributed by atoms with van der Waals surface area (Å²) in [6.07, 6.45) is 2.81. The fourth-order valence-electron chi connectivity index (χ4n) is 0.411. The predicted molar refractivity (Wildman–Crippen MR) is 42.7 cm³/mol. The van der Waals surface area contributed by atoms with E-state index in [0.29, 0.717) is 0 Å². The van der Waals surface area contributed by atoms with Crippen molar-refractivity contribution in [2.75, 3.05) is 12.0 Å². The number of aliphatic hydroxyl groups is 1. The summed E-state index contributed by atoms with van der Waals surface area (Å²) in [6, 6.07) is -0.238. The summed E-state index contributed by atoms with van der Waals surface area (Å²) >= 11 is 1.72. The Balaban J connectivity index is 3.27. The number of aliphatic hydroxyl groups excluding tert-OH is 1. The molecule has 3 heteroatoms. The molecule has 0 aliphatic carbocycles. The molecule has 0 saturated heterocycles. The van der Waals surface area contributed by atoms with Gasteiger partial charge in [-0.25, -0.2) is 0 Å². The molecule has 0 unspecified atom stereocenters. The Morgan fingerprint density at radius 1 is 1.89 bits per heavy atom. The Morgan fingerprint density at radius 2 is 2.44 bits per heavy atom. The van der Waals surface area contributed by atoms with Gasteiger partial charge < -0.3 is 10.8 Å². The zero-order valence-electron chi connectivity index (χ0n) is 5.63. The van der Waals surface area contributed by atoms with Crippen molar-refractivity contribution in [3.05, 3.63) is 12.3 Å². The molecule has 0 heterocycles. The zero-order chi connectivity index (χ0) is 7.28. The molecule has 0 radical (unpaired) electrons. The largest absolute Gasteiger partial charge is 0.511 e. The molecule has 54 valence electrons. The molecule has 2 nitrogen and oxygen atoms in total. The molecule has 0 aromatic heterocycles. The highest BCUT2D eigenvalue weighted by atomic mass is 32.2. The van der Waals surface area contributed by atoms with E-state index in [4.69, 9.17) is 10.8 Å². The minimum Gasteiger partial charge on any atom is -0.511 e. The quantitative estimate of drug-likeness (QED) is 0.586. The van der Waals surface area contributed by atoms with E-state index in [9.17, 15) is 0 Å². The van der Waals surface area contributed by atoms with Gasteiger partial charge in [-0.2, -0.15) is 11.8 Å². The maximum absolute atomic E-state index is 8.72. The van der Waals surface area contributed by atoms with Gasteiger partial charge in [0.2, 0.25) is 0 Å². The van der Waals surface area contributed by atoms with Gasteiger partial charge in [0.25, 0.3) is 0 Å². The van der Waals surface area contributed by atoms with Crippen LogP contribution in [0.5, 0.6) is 0 Å². The first kappa shape index (κ1) is 8.85. The van der Waals surface area contributed by atoms with E-state index in [1.165, 1.54) is 0 Å². The van der Waals surface area contributed by atoms with Crippen LogP contribution in [0.1, 0.15) is 6.42 Å². The lowest BCUT2D eigenvalue weighted by molar-refractivity contribution is 0.367. The van der Waals surface area contributed by atoms with Gasteiger partial charge in [0.1, 0.15) is 5.76 Å². The van der Waals surface area contributed by atoms with Crippen molar-refractivity contribution < 1.29 is 5.11 Å². The van der Waals surface area contributed by atoms with Gasteiger partial charge in [0.05, 0.1) is 6.04 Å². The minimum absolute atomic E-state index is 0.0871. The van der Waals surface area contributed by atoms with Crippen LogP contribution in [0, 0.1) is 0 Å². The number of hydrogen-bond donors (Lipinski definition) is 2. The van der Waals surface area contributed by atoms with Crippen LogP contribution in [0.25, 0.3) is 0 Å². The first-order valence-electron chi connectivity index (χ1n) is 2.80. The van der Waals surface area contributed by atoms with Crippen molar-refractivity contribution in [1.29, 1.82) is 0 Å². The Hall–Kier alpha value is -0.150. The fraction of sp³-hybridized carbons (Fsp3) is 0.667. The molecular weight excluding hydrogens is 134 g/mol. The van der Waals surface area contributed by atoms with E-state index >= 15 is 0 Å². The van der Waals surface area contributed by atoms with Crippen molar-refractivity contribution in [1.82, 2.24) is 0 Å². The van der Waals surface area contributed by atoms with E-state index in [1.54, 1.807) is 11.8 Å². The Bertz CT molecular complexity index is 95.1. The van der Waals surface area contributed by atoms with Gasteiger partial charge in [-0.1, -0.05) is 6.58 Å².